The topological polar surface area (TPSA) is 96.6 Å². The van der Waals surface area contributed by atoms with Crippen LogP contribution in [0.2, 0.25) is 0 Å². The van der Waals surface area contributed by atoms with Crippen LogP contribution in [0.15, 0.2) is 29.3 Å². The van der Waals surface area contributed by atoms with Crippen molar-refractivity contribution < 1.29 is 14.2 Å². The molecule has 2 unspecified atom stereocenters. The molecule has 0 radical (unpaired) electrons. The second-order valence-corrected chi connectivity index (χ2v) is 6.70. The van der Waals surface area contributed by atoms with Gasteiger partial charge in [-0.25, -0.2) is 14.1 Å². The van der Waals surface area contributed by atoms with Crippen LogP contribution in [-0.4, -0.2) is 52.1 Å². The number of rotatable bonds is 7. The number of nitrogens with one attached hydrogen (secondary N) is 2. The summed E-state index contributed by atoms with van der Waals surface area (Å²) in [5.74, 6) is 1.80. The molecule has 8 nitrogen and oxygen atoms in total. The SMILES string of the molecule is CCNC(=NCC(O)c1ccccc1F)NC1CCc2nc(COC)nn2C1.I. The van der Waals surface area contributed by atoms with Crippen LogP contribution in [0.3, 0.4) is 0 Å². The Morgan fingerprint density at radius 1 is 1.45 bits per heavy atom. The summed E-state index contributed by atoms with van der Waals surface area (Å²) in [7, 11) is 1.62. The van der Waals surface area contributed by atoms with E-state index in [0.717, 1.165) is 18.7 Å². The van der Waals surface area contributed by atoms with E-state index >= 15 is 0 Å². The Hall–Kier alpha value is -1.79. The molecule has 0 bridgehead atoms. The summed E-state index contributed by atoms with van der Waals surface area (Å²) in [6.45, 7) is 3.79. The summed E-state index contributed by atoms with van der Waals surface area (Å²) >= 11 is 0. The molecule has 2 aromatic rings. The lowest BCUT2D eigenvalue weighted by Crippen LogP contribution is -2.47. The number of aromatic nitrogens is 3. The fourth-order valence-corrected chi connectivity index (χ4v) is 3.20. The van der Waals surface area contributed by atoms with Crippen molar-refractivity contribution >= 4 is 29.9 Å². The van der Waals surface area contributed by atoms with E-state index in [4.69, 9.17) is 4.74 Å². The van der Waals surface area contributed by atoms with Crippen molar-refractivity contribution in [3.63, 3.8) is 0 Å². The van der Waals surface area contributed by atoms with Gasteiger partial charge >= 0.3 is 0 Å². The number of aryl methyl sites for hydroxylation is 1. The van der Waals surface area contributed by atoms with E-state index in [1.807, 2.05) is 11.6 Å². The Kier molecular flexibility index (Phi) is 9.24. The van der Waals surface area contributed by atoms with Crippen LogP contribution < -0.4 is 10.6 Å². The van der Waals surface area contributed by atoms with Gasteiger partial charge in [0.05, 0.1) is 13.1 Å². The molecule has 3 rings (SSSR count). The molecular formula is C19H28FIN6O2. The highest BCUT2D eigenvalue weighted by molar-refractivity contribution is 14.0. The van der Waals surface area contributed by atoms with Crippen LogP contribution in [0.1, 0.15) is 36.7 Å². The minimum atomic E-state index is -0.999. The van der Waals surface area contributed by atoms with Crippen molar-refractivity contribution in [3.8, 4) is 0 Å². The lowest BCUT2D eigenvalue weighted by atomic mass is 10.1. The summed E-state index contributed by atoms with van der Waals surface area (Å²) in [5, 5.41) is 21.3. The molecule has 3 N–H and O–H groups in total. The summed E-state index contributed by atoms with van der Waals surface area (Å²) in [6.07, 6.45) is 0.707. The molecule has 29 heavy (non-hydrogen) atoms. The van der Waals surface area contributed by atoms with E-state index in [2.05, 4.69) is 25.7 Å². The molecule has 0 aliphatic carbocycles. The zero-order valence-electron chi connectivity index (χ0n) is 16.6. The maximum atomic E-state index is 13.8. The van der Waals surface area contributed by atoms with Gasteiger partial charge in [-0.2, -0.15) is 5.10 Å². The molecule has 2 atom stereocenters. The Morgan fingerprint density at radius 2 is 2.24 bits per heavy atom. The van der Waals surface area contributed by atoms with Crippen LogP contribution in [0.25, 0.3) is 0 Å². The zero-order chi connectivity index (χ0) is 19.9. The third-order valence-corrected chi connectivity index (χ3v) is 4.55. The largest absolute Gasteiger partial charge is 0.386 e. The molecule has 0 spiro atoms. The number of halogens is 2. The first-order valence-electron chi connectivity index (χ1n) is 9.49. The highest BCUT2D eigenvalue weighted by Crippen LogP contribution is 2.17. The minimum absolute atomic E-state index is 0. The van der Waals surface area contributed by atoms with Gasteiger partial charge in [0.15, 0.2) is 11.8 Å². The Labute approximate surface area is 187 Å². The number of aliphatic imine (C=N–C) groups is 1. The van der Waals surface area contributed by atoms with E-state index in [0.29, 0.717) is 31.5 Å². The zero-order valence-corrected chi connectivity index (χ0v) is 19.0. The number of benzene rings is 1. The number of hydrogen-bond donors (Lipinski definition) is 3. The molecule has 1 aliphatic heterocycles. The number of methoxy groups -OCH3 is 1. The van der Waals surface area contributed by atoms with E-state index in [9.17, 15) is 9.50 Å². The van der Waals surface area contributed by atoms with Crippen molar-refractivity contribution in [1.82, 2.24) is 25.4 Å². The first kappa shape index (κ1) is 23.5. The number of aliphatic hydroxyl groups excluding tert-OH is 1. The number of ether oxygens (including phenoxy) is 1. The number of hydrogen-bond acceptors (Lipinski definition) is 5. The van der Waals surface area contributed by atoms with Gasteiger partial charge in [0, 0.05) is 31.7 Å². The number of nitrogens with zero attached hydrogens (tertiary/aromatic N) is 4. The molecule has 1 aliphatic rings. The molecule has 1 aromatic carbocycles. The molecule has 0 saturated carbocycles. The highest BCUT2D eigenvalue weighted by atomic mass is 127. The molecule has 1 aromatic heterocycles. The second kappa shape index (κ2) is 11.4. The average Bonchev–Trinajstić information content (AvgIpc) is 3.08. The normalized spacial score (nSPS) is 17.2. The summed E-state index contributed by atoms with van der Waals surface area (Å²) in [6, 6.07) is 6.33. The summed E-state index contributed by atoms with van der Waals surface area (Å²) < 4.78 is 20.8. The molecule has 0 fully saturated rings. The van der Waals surface area contributed by atoms with E-state index < -0.39 is 11.9 Å². The maximum absolute atomic E-state index is 13.8. The molecule has 160 valence electrons. The Morgan fingerprint density at radius 3 is 2.97 bits per heavy atom. The van der Waals surface area contributed by atoms with Gasteiger partial charge in [-0.05, 0) is 19.4 Å². The lowest BCUT2D eigenvalue weighted by Gasteiger charge is -2.25. The Bertz CT molecular complexity index is 816. The summed E-state index contributed by atoms with van der Waals surface area (Å²) in [5.41, 5.74) is 0.248. The molecular weight excluding hydrogens is 490 g/mol. The highest BCUT2D eigenvalue weighted by Gasteiger charge is 2.22. The van der Waals surface area contributed by atoms with Crippen LogP contribution in [0, 0.1) is 5.82 Å². The lowest BCUT2D eigenvalue weighted by molar-refractivity contribution is 0.177. The van der Waals surface area contributed by atoms with Crippen molar-refractivity contribution in [2.45, 2.75) is 45.1 Å². The van der Waals surface area contributed by atoms with E-state index in [1.54, 1.807) is 25.3 Å². The van der Waals surface area contributed by atoms with Gasteiger partial charge in [0.25, 0.3) is 0 Å². The third-order valence-electron chi connectivity index (χ3n) is 4.55. The third kappa shape index (κ3) is 6.34. The van der Waals surface area contributed by atoms with Crippen LogP contribution in [-0.2, 0) is 24.3 Å². The first-order chi connectivity index (χ1) is 13.6. The van der Waals surface area contributed by atoms with Gasteiger partial charge in [-0.15, -0.1) is 24.0 Å². The van der Waals surface area contributed by atoms with E-state index in [1.165, 1.54) is 6.07 Å². The van der Waals surface area contributed by atoms with Crippen molar-refractivity contribution in [1.29, 1.82) is 0 Å². The van der Waals surface area contributed by atoms with Crippen LogP contribution >= 0.6 is 24.0 Å². The number of aliphatic hydroxyl groups is 1. The van der Waals surface area contributed by atoms with Gasteiger partial charge < -0.3 is 20.5 Å². The fraction of sp³-hybridized carbons (Fsp3) is 0.526. The van der Waals surface area contributed by atoms with E-state index in [-0.39, 0.29) is 42.1 Å². The maximum Gasteiger partial charge on any atom is 0.191 e. The van der Waals surface area contributed by atoms with Crippen LogP contribution in [0.4, 0.5) is 4.39 Å². The van der Waals surface area contributed by atoms with Gasteiger partial charge in [0.1, 0.15) is 24.4 Å². The molecule has 10 heteroatoms. The monoisotopic (exact) mass is 518 g/mol. The van der Waals surface area contributed by atoms with Crippen molar-refractivity contribution in [2.24, 2.45) is 4.99 Å². The predicted molar refractivity (Wildman–Crippen MR) is 119 cm³/mol. The molecule has 0 amide bonds. The first-order valence-corrected chi connectivity index (χ1v) is 9.49. The quantitative estimate of drug-likeness (QED) is 0.294. The smallest absolute Gasteiger partial charge is 0.191 e. The fourth-order valence-electron chi connectivity index (χ4n) is 3.20. The predicted octanol–water partition coefficient (Wildman–Crippen LogP) is 1.79. The molecule has 2 heterocycles. The van der Waals surface area contributed by atoms with Gasteiger partial charge in [-0.1, -0.05) is 18.2 Å². The number of guanidine groups is 1. The van der Waals surface area contributed by atoms with Gasteiger partial charge in [-0.3, -0.25) is 4.99 Å². The van der Waals surface area contributed by atoms with Crippen molar-refractivity contribution in [2.75, 3.05) is 20.2 Å². The standard InChI is InChI=1S/C19H27FN6O2.HI/c1-3-21-19(22-10-16(27)14-6-4-5-7-15(14)20)23-13-8-9-18-24-17(12-28-2)25-26(18)11-13;/h4-7,13,16,27H,3,8-12H2,1-2H3,(H2,21,22,23);1H. The summed E-state index contributed by atoms with van der Waals surface area (Å²) in [4.78, 5) is 8.90. The second-order valence-electron chi connectivity index (χ2n) is 6.70. The van der Waals surface area contributed by atoms with Gasteiger partial charge in [0.2, 0.25) is 0 Å². The molecule has 0 saturated heterocycles. The average molecular weight is 518 g/mol. The number of fused-ring (bicyclic) bond motifs is 1. The van der Waals surface area contributed by atoms with Crippen LogP contribution in [0.5, 0.6) is 0 Å². The minimum Gasteiger partial charge on any atom is -0.386 e. The van der Waals surface area contributed by atoms with Crippen molar-refractivity contribution in [3.05, 3.63) is 47.3 Å². The Balaban J connectivity index is 0.00000300.